The average Bonchev–Trinajstić information content (AvgIpc) is 1.85. The summed E-state index contributed by atoms with van der Waals surface area (Å²) in [7, 11) is 0. The number of rotatable bonds is 0. The monoisotopic (exact) mass is 135 g/mol. The molecule has 0 bridgehead atoms. The van der Waals surface area contributed by atoms with Crippen LogP contribution >= 0.6 is 0 Å². The Labute approximate surface area is 57.3 Å². The van der Waals surface area contributed by atoms with Crippen molar-refractivity contribution < 1.29 is 0 Å². The van der Waals surface area contributed by atoms with Gasteiger partial charge in [-0.25, -0.2) is 9.97 Å². The maximum Gasteiger partial charge on any atom is 0.236 e. The first-order valence-corrected chi connectivity index (χ1v) is 2.52. The molecule has 0 atom stereocenters. The van der Waals surface area contributed by atoms with Crippen LogP contribution in [0, 0.1) is 11.3 Å². The van der Waals surface area contributed by atoms with Gasteiger partial charge >= 0.3 is 0 Å². The zero-order valence-electron chi connectivity index (χ0n) is 5.07. The Kier molecular flexibility index (Phi) is 1.38. The van der Waals surface area contributed by atoms with E-state index in [9.17, 15) is 0 Å². The second-order valence-electron chi connectivity index (χ2n) is 1.65. The predicted molar refractivity (Wildman–Crippen MR) is 35.6 cm³/mol. The number of nitriles is 1. The van der Waals surface area contributed by atoms with Crippen LogP contribution < -0.4 is 11.5 Å². The highest BCUT2D eigenvalue weighted by Crippen LogP contribution is 2.02. The summed E-state index contributed by atoms with van der Waals surface area (Å²) >= 11 is 0. The lowest BCUT2D eigenvalue weighted by molar-refractivity contribution is 1.13. The van der Waals surface area contributed by atoms with Crippen molar-refractivity contribution in [2.75, 3.05) is 11.5 Å². The van der Waals surface area contributed by atoms with Gasteiger partial charge in [0.15, 0.2) is 0 Å². The Hall–Kier alpha value is -1.83. The molecule has 10 heavy (non-hydrogen) atoms. The molecular formula is C5H5N5. The van der Waals surface area contributed by atoms with Gasteiger partial charge in [-0.05, 0) is 0 Å². The number of hydrogen-bond acceptors (Lipinski definition) is 5. The van der Waals surface area contributed by atoms with Crippen LogP contribution in [0.25, 0.3) is 0 Å². The van der Waals surface area contributed by atoms with Crippen molar-refractivity contribution in [1.82, 2.24) is 9.97 Å². The summed E-state index contributed by atoms with van der Waals surface area (Å²) in [5.41, 5.74) is 10.5. The third-order valence-electron chi connectivity index (χ3n) is 0.866. The van der Waals surface area contributed by atoms with E-state index in [4.69, 9.17) is 16.7 Å². The van der Waals surface area contributed by atoms with Crippen molar-refractivity contribution in [3.63, 3.8) is 0 Å². The van der Waals surface area contributed by atoms with Crippen molar-refractivity contribution >= 4 is 11.6 Å². The molecule has 1 rings (SSSR count). The number of hydrogen-bond donors (Lipinski definition) is 2. The molecule has 1 aromatic rings. The van der Waals surface area contributed by atoms with E-state index >= 15 is 0 Å². The molecule has 0 aliphatic carbocycles. The average molecular weight is 135 g/mol. The van der Waals surface area contributed by atoms with Gasteiger partial charge in [0.05, 0.1) is 0 Å². The van der Waals surface area contributed by atoms with Gasteiger partial charge in [-0.1, -0.05) is 0 Å². The smallest absolute Gasteiger partial charge is 0.236 e. The molecule has 0 unspecified atom stereocenters. The Balaban J connectivity index is 3.22. The standard InChI is InChI=1S/C5H5N5/c6-2-5-9-3(7)1-4(8)10-5/h1H,(H4,7,8,9,10). The largest absolute Gasteiger partial charge is 0.383 e. The zero-order valence-corrected chi connectivity index (χ0v) is 5.07. The molecule has 0 saturated heterocycles. The van der Waals surface area contributed by atoms with Gasteiger partial charge in [0.2, 0.25) is 5.82 Å². The first-order valence-electron chi connectivity index (χ1n) is 2.52. The summed E-state index contributed by atoms with van der Waals surface area (Å²) < 4.78 is 0. The summed E-state index contributed by atoms with van der Waals surface area (Å²) in [5.74, 6) is 0.422. The number of nitrogen functional groups attached to an aromatic ring is 2. The molecule has 0 aromatic carbocycles. The maximum absolute atomic E-state index is 8.30. The summed E-state index contributed by atoms with van der Waals surface area (Å²) in [6, 6.07) is 3.12. The minimum Gasteiger partial charge on any atom is -0.383 e. The maximum atomic E-state index is 8.30. The lowest BCUT2D eigenvalue weighted by Gasteiger charge is -1.93. The molecule has 4 N–H and O–H groups in total. The third kappa shape index (κ3) is 1.11. The van der Waals surface area contributed by atoms with Crippen LogP contribution in [0.1, 0.15) is 5.82 Å². The van der Waals surface area contributed by atoms with Gasteiger partial charge < -0.3 is 11.5 Å². The Morgan fingerprint density at radius 2 is 1.80 bits per heavy atom. The zero-order chi connectivity index (χ0) is 7.56. The first-order chi connectivity index (χ1) is 4.72. The fourth-order valence-corrected chi connectivity index (χ4v) is 0.536. The molecule has 0 fully saturated rings. The SMILES string of the molecule is N#Cc1nc(N)cc(N)n1. The predicted octanol–water partition coefficient (Wildman–Crippen LogP) is -0.487. The number of nitrogens with two attached hydrogens (primary N) is 2. The molecule has 0 radical (unpaired) electrons. The number of aromatic nitrogens is 2. The molecule has 1 heterocycles. The van der Waals surface area contributed by atoms with Crippen LogP contribution in [-0.2, 0) is 0 Å². The second kappa shape index (κ2) is 2.19. The first kappa shape index (κ1) is 6.29. The highest BCUT2D eigenvalue weighted by Gasteiger charge is 1.96. The van der Waals surface area contributed by atoms with E-state index in [1.165, 1.54) is 6.07 Å². The van der Waals surface area contributed by atoms with Crippen molar-refractivity contribution in [2.24, 2.45) is 0 Å². The summed E-state index contributed by atoms with van der Waals surface area (Å²) in [6.45, 7) is 0. The molecule has 1 aromatic heterocycles. The van der Waals surface area contributed by atoms with Crippen molar-refractivity contribution in [1.29, 1.82) is 5.26 Å². The normalized spacial score (nSPS) is 8.70. The molecule has 0 spiro atoms. The van der Waals surface area contributed by atoms with Gasteiger partial charge in [0, 0.05) is 6.07 Å². The lowest BCUT2D eigenvalue weighted by atomic mass is 10.5. The Bertz CT molecular complexity index is 266. The topological polar surface area (TPSA) is 102 Å². The molecule has 0 aliphatic heterocycles. The van der Waals surface area contributed by atoms with E-state index < -0.39 is 0 Å². The minimum atomic E-state index is -0.00231. The van der Waals surface area contributed by atoms with E-state index in [0.717, 1.165) is 0 Å². The van der Waals surface area contributed by atoms with E-state index in [1.807, 2.05) is 0 Å². The van der Waals surface area contributed by atoms with Crippen LogP contribution in [0.3, 0.4) is 0 Å². The lowest BCUT2D eigenvalue weighted by Crippen LogP contribution is -1.99. The molecule has 5 nitrogen and oxygen atoms in total. The molecule has 50 valence electrons. The summed E-state index contributed by atoms with van der Waals surface area (Å²) in [4.78, 5) is 7.16. The van der Waals surface area contributed by atoms with E-state index in [1.54, 1.807) is 6.07 Å². The Morgan fingerprint density at radius 3 is 2.20 bits per heavy atom. The third-order valence-corrected chi connectivity index (χ3v) is 0.866. The van der Waals surface area contributed by atoms with Crippen LogP contribution in [0.2, 0.25) is 0 Å². The fraction of sp³-hybridized carbons (Fsp3) is 0. The summed E-state index contributed by atoms with van der Waals surface area (Å²) in [5, 5.41) is 8.30. The molecular weight excluding hydrogens is 130 g/mol. The Morgan fingerprint density at radius 1 is 1.30 bits per heavy atom. The van der Waals surface area contributed by atoms with Crippen molar-refractivity contribution in [3.05, 3.63) is 11.9 Å². The molecule has 0 saturated carbocycles. The molecule has 5 heteroatoms. The highest BCUT2D eigenvalue weighted by molar-refractivity contribution is 5.42. The highest BCUT2D eigenvalue weighted by atomic mass is 15.0. The van der Waals surface area contributed by atoms with Gasteiger partial charge in [0.25, 0.3) is 0 Å². The van der Waals surface area contributed by atoms with Crippen molar-refractivity contribution in [2.45, 2.75) is 0 Å². The minimum absolute atomic E-state index is 0.00231. The van der Waals surface area contributed by atoms with Crippen LogP contribution in [0.5, 0.6) is 0 Å². The van der Waals surface area contributed by atoms with Crippen LogP contribution in [-0.4, -0.2) is 9.97 Å². The number of nitrogens with zero attached hydrogens (tertiary/aromatic N) is 3. The van der Waals surface area contributed by atoms with Crippen LogP contribution in [0.4, 0.5) is 11.6 Å². The molecule has 0 aliphatic rings. The van der Waals surface area contributed by atoms with Gasteiger partial charge in [-0.3, -0.25) is 0 Å². The number of anilines is 2. The van der Waals surface area contributed by atoms with E-state index in [-0.39, 0.29) is 17.5 Å². The van der Waals surface area contributed by atoms with Gasteiger partial charge in [-0.15, -0.1) is 0 Å². The van der Waals surface area contributed by atoms with Gasteiger partial charge in [-0.2, -0.15) is 5.26 Å². The second-order valence-corrected chi connectivity index (χ2v) is 1.65. The van der Waals surface area contributed by atoms with Crippen LogP contribution in [0.15, 0.2) is 6.07 Å². The van der Waals surface area contributed by atoms with E-state index in [0.29, 0.717) is 0 Å². The van der Waals surface area contributed by atoms with Crippen molar-refractivity contribution in [3.8, 4) is 6.07 Å². The molecule has 0 amide bonds. The fourth-order valence-electron chi connectivity index (χ4n) is 0.536. The summed E-state index contributed by atoms with van der Waals surface area (Å²) in [6.07, 6.45) is 0. The quantitative estimate of drug-likeness (QED) is 0.499. The van der Waals surface area contributed by atoms with E-state index in [2.05, 4.69) is 9.97 Å². The van der Waals surface area contributed by atoms with Gasteiger partial charge in [0.1, 0.15) is 17.7 Å².